The Balaban J connectivity index is 1.99. The number of hydrogen-bond donors (Lipinski definition) is 1. The van der Waals surface area contributed by atoms with Gasteiger partial charge in [0.1, 0.15) is 11.6 Å². The third-order valence-electron chi connectivity index (χ3n) is 3.63. The molecule has 1 aliphatic rings. The summed E-state index contributed by atoms with van der Waals surface area (Å²) in [6.07, 6.45) is 4.48. The van der Waals surface area contributed by atoms with Gasteiger partial charge in [0.05, 0.1) is 5.56 Å². The molecule has 1 aromatic heterocycles. The standard InChI is InChI=1S/C14H15FN2O/c15-11-7-2-1-6-10(11)13-12(18-17-14(13)16)8-9-4-3-5-9/h1-2,6-7,9H,3-5,8H2,(H2,16,17). The third-order valence-corrected chi connectivity index (χ3v) is 3.63. The van der Waals surface area contributed by atoms with Crippen molar-refractivity contribution in [1.82, 2.24) is 5.16 Å². The maximum absolute atomic E-state index is 13.8. The van der Waals surface area contributed by atoms with Gasteiger partial charge < -0.3 is 10.3 Å². The molecule has 2 N–H and O–H groups in total. The highest BCUT2D eigenvalue weighted by Crippen LogP contribution is 2.36. The predicted octanol–water partition coefficient (Wildman–Crippen LogP) is 3.41. The number of aromatic nitrogens is 1. The van der Waals surface area contributed by atoms with E-state index >= 15 is 0 Å². The highest BCUT2D eigenvalue weighted by atomic mass is 19.1. The zero-order chi connectivity index (χ0) is 12.5. The van der Waals surface area contributed by atoms with Crippen LogP contribution in [0.2, 0.25) is 0 Å². The van der Waals surface area contributed by atoms with Crippen molar-refractivity contribution in [2.45, 2.75) is 25.7 Å². The summed E-state index contributed by atoms with van der Waals surface area (Å²) in [7, 11) is 0. The summed E-state index contributed by atoms with van der Waals surface area (Å²) in [5.41, 5.74) is 6.91. The molecule has 0 unspecified atom stereocenters. The van der Waals surface area contributed by atoms with Crippen LogP contribution in [0.4, 0.5) is 10.2 Å². The van der Waals surface area contributed by atoms with Gasteiger partial charge in [0.2, 0.25) is 0 Å². The van der Waals surface area contributed by atoms with Gasteiger partial charge in [0, 0.05) is 12.0 Å². The van der Waals surface area contributed by atoms with Gasteiger partial charge in [-0.2, -0.15) is 0 Å². The van der Waals surface area contributed by atoms with Gasteiger partial charge in [-0.1, -0.05) is 42.6 Å². The monoisotopic (exact) mass is 246 g/mol. The molecular weight excluding hydrogens is 231 g/mol. The first-order valence-corrected chi connectivity index (χ1v) is 6.24. The molecule has 1 fully saturated rings. The SMILES string of the molecule is Nc1noc(CC2CCC2)c1-c1ccccc1F. The number of nitrogens with two attached hydrogens (primary N) is 1. The number of nitrogen functional groups attached to an aromatic ring is 1. The Hall–Kier alpha value is -1.84. The topological polar surface area (TPSA) is 52.0 Å². The number of hydrogen-bond acceptors (Lipinski definition) is 3. The number of halogens is 1. The normalized spacial score (nSPS) is 15.6. The maximum Gasteiger partial charge on any atom is 0.175 e. The van der Waals surface area contributed by atoms with Crippen molar-refractivity contribution in [2.24, 2.45) is 5.92 Å². The summed E-state index contributed by atoms with van der Waals surface area (Å²) < 4.78 is 19.1. The second kappa shape index (κ2) is 4.44. The van der Waals surface area contributed by atoms with Crippen LogP contribution in [0.15, 0.2) is 28.8 Å². The largest absolute Gasteiger partial charge is 0.380 e. The molecule has 3 rings (SSSR count). The van der Waals surface area contributed by atoms with Crippen molar-refractivity contribution in [3.8, 4) is 11.1 Å². The van der Waals surface area contributed by atoms with Crippen LogP contribution in [0.25, 0.3) is 11.1 Å². The van der Waals surface area contributed by atoms with Gasteiger partial charge in [0.25, 0.3) is 0 Å². The van der Waals surface area contributed by atoms with Gasteiger partial charge in [-0.15, -0.1) is 0 Å². The molecule has 18 heavy (non-hydrogen) atoms. The van der Waals surface area contributed by atoms with Crippen LogP contribution in [0.3, 0.4) is 0 Å². The summed E-state index contributed by atoms with van der Waals surface area (Å²) in [5, 5.41) is 3.78. The van der Waals surface area contributed by atoms with Crippen molar-refractivity contribution in [3.63, 3.8) is 0 Å². The van der Waals surface area contributed by atoms with E-state index in [0.29, 0.717) is 22.8 Å². The van der Waals surface area contributed by atoms with Crippen LogP contribution in [0.1, 0.15) is 25.0 Å². The maximum atomic E-state index is 13.8. The van der Waals surface area contributed by atoms with Gasteiger partial charge >= 0.3 is 0 Å². The Morgan fingerprint density at radius 1 is 1.33 bits per heavy atom. The highest BCUT2D eigenvalue weighted by molar-refractivity contribution is 5.75. The molecule has 0 spiro atoms. The lowest BCUT2D eigenvalue weighted by atomic mass is 9.81. The number of benzene rings is 1. The molecule has 0 saturated heterocycles. The molecule has 1 aliphatic carbocycles. The van der Waals surface area contributed by atoms with E-state index in [1.165, 1.54) is 25.3 Å². The van der Waals surface area contributed by atoms with Gasteiger partial charge in [-0.25, -0.2) is 4.39 Å². The lowest BCUT2D eigenvalue weighted by molar-refractivity contribution is 0.279. The smallest absolute Gasteiger partial charge is 0.175 e. The zero-order valence-corrected chi connectivity index (χ0v) is 10.0. The minimum Gasteiger partial charge on any atom is -0.380 e. The summed E-state index contributed by atoms with van der Waals surface area (Å²) in [4.78, 5) is 0. The van der Waals surface area contributed by atoms with Crippen LogP contribution in [0, 0.1) is 11.7 Å². The highest BCUT2D eigenvalue weighted by Gasteiger charge is 2.24. The molecule has 0 radical (unpaired) electrons. The molecule has 2 aromatic rings. The first kappa shape index (κ1) is 11.3. The molecule has 0 atom stereocenters. The number of anilines is 1. The van der Waals surface area contributed by atoms with Crippen LogP contribution < -0.4 is 5.73 Å². The summed E-state index contributed by atoms with van der Waals surface area (Å²) >= 11 is 0. The van der Waals surface area contributed by atoms with Crippen LogP contribution in [-0.2, 0) is 6.42 Å². The second-order valence-corrected chi connectivity index (χ2v) is 4.85. The van der Waals surface area contributed by atoms with E-state index in [1.54, 1.807) is 18.2 Å². The van der Waals surface area contributed by atoms with Crippen LogP contribution in [0.5, 0.6) is 0 Å². The Labute approximate surface area is 105 Å². The van der Waals surface area contributed by atoms with Crippen molar-refractivity contribution in [2.75, 3.05) is 5.73 Å². The van der Waals surface area contributed by atoms with E-state index in [0.717, 1.165) is 6.42 Å². The molecule has 1 saturated carbocycles. The molecule has 4 heteroatoms. The van der Waals surface area contributed by atoms with E-state index in [-0.39, 0.29) is 11.6 Å². The van der Waals surface area contributed by atoms with Crippen molar-refractivity contribution in [1.29, 1.82) is 0 Å². The summed E-state index contributed by atoms with van der Waals surface area (Å²) in [6, 6.07) is 6.59. The first-order chi connectivity index (χ1) is 8.75. The fourth-order valence-electron chi connectivity index (χ4n) is 2.39. The van der Waals surface area contributed by atoms with Gasteiger partial charge in [-0.05, 0) is 12.0 Å². The van der Waals surface area contributed by atoms with Crippen molar-refractivity contribution < 1.29 is 8.91 Å². The summed E-state index contributed by atoms with van der Waals surface area (Å²) in [5.74, 6) is 1.32. The van der Waals surface area contributed by atoms with Crippen LogP contribution in [-0.4, -0.2) is 5.16 Å². The molecule has 1 heterocycles. The van der Waals surface area contributed by atoms with Crippen molar-refractivity contribution >= 4 is 5.82 Å². The molecule has 1 aromatic carbocycles. The van der Waals surface area contributed by atoms with Crippen LogP contribution >= 0.6 is 0 Å². The number of nitrogens with zero attached hydrogens (tertiary/aromatic N) is 1. The fourth-order valence-corrected chi connectivity index (χ4v) is 2.39. The fraction of sp³-hybridized carbons (Fsp3) is 0.357. The van der Waals surface area contributed by atoms with E-state index < -0.39 is 0 Å². The van der Waals surface area contributed by atoms with E-state index in [9.17, 15) is 4.39 Å². The quantitative estimate of drug-likeness (QED) is 0.902. The average molecular weight is 246 g/mol. The molecule has 0 amide bonds. The lowest BCUT2D eigenvalue weighted by Gasteiger charge is -2.24. The Kier molecular flexibility index (Phi) is 2.78. The van der Waals surface area contributed by atoms with Gasteiger partial charge in [-0.3, -0.25) is 0 Å². The van der Waals surface area contributed by atoms with Crippen molar-refractivity contribution in [3.05, 3.63) is 35.8 Å². The van der Waals surface area contributed by atoms with E-state index in [2.05, 4.69) is 5.16 Å². The molecule has 94 valence electrons. The zero-order valence-electron chi connectivity index (χ0n) is 10.0. The number of rotatable bonds is 3. The first-order valence-electron chi connectivity index (χ1n) is 6.24. The third kappa shape index (κ3) is 1.88. The Morgan fingerprint density at radius 3 is 2.78 bits per heavy atom. The minimum absolute atomic E-state index is 0.273. The minimum atomic E-state index is -0.290. The molecule has 0 aliphatic heterocycles. The predicted molar refractivity (Wildman–Crippen MR) is 67.4 cm³/mol. The van der Waals surface area contributed by atoms with E-state index in [4.69, 9.17) is 10.3 Å². The Morgan fingerprint density at radius 2 is 2.11 bits per heavy atom. The Bertz CT molecular complexity index is 561. The second-order valence-electron chi connectivity index (χ2n) is 4.85. The molecule has 3 nitrogen and oxygen atoms in total. The molecule has 0 bridgehead atoms. The lowest BCUT2D eigenvalue weighted by Crippen LogP contribution is -2.13. The van der Waals surface area contributed by atoms with E-state index in [1.807, 2.05) is 0 Å². The molecular formula is C14H15FN2O. The summed E-state index contributed by atoms with van der Waals surface area (Å²) in [6.45, 7) is 0. The average Bonchev–Trinajstić information content (AvgIpc) is 2.66. The van der Waals surface area contributed by atoms with Gasteiger partial charge in [0.15, 0.2) is 5.82 Å².